The summed E-state index contributed by atoms with van der Waals surface area (Å²) in [7, 11) is 0. The van der Waals surface area contributed by atoms with E-state index in [9.17, 15) is 4.79 Å². The van der Waals surface area contributed by atoms with Crippen molar-refractivity contribution in [3.05, 3.63) is 33.8 Å². The van der Waals surface area contributed by atoms with Gasteiger partial charge in [0.1, 0.15) is 0 Å². The van der Waals surface area contributed by atoms with Crippen molar-refractivity contribution >= 4 is 21.8 Å². The summed E-state index contributed by atoms with van der Waals surface area (Å²) >= 11 is 3.41. The zero-order valence-corrected chi connectivity index (χ0v) is 11.3. The number of rotatable bonds is 2. The lowest BCUT2D eigenvalue weighted by Crippen LogP contribution is -2.32. The predicted octanol–water partition coefficient (Wildman–Crippen LogP) is 1.71. The van der Waals surface area contributed by atoms with Crippen molar-refractivity contribution < 1.29 is 4.79 Å². The second-order valence-corrected chi connectivity index (χ2v) is 5.86. The Labute approximate surface area is 109 Å². The fraction of sp³-hybridized carbons (Fsp3) is 0.462. The van der Waals surface area contributed by atoms with E-state index in [-0.39, 0.29) is 5.91 Å². The Morgan fingerprint density at radius 1 is 1.41 bits per heavy atom. The maximum atomic E-state index is 12.1. The Kier molecular flexibility index (Phi) is 2.71. The Morgan fingerprint density at radius 3 is 2.82 bits per heavy atom. The third-order valence-corrected chi connectivity index (χ3v) is 4.33. The zero-order chi connectivity index (χ0) is 12.0. The predicted molar refractivity (Wildman–Crippen MR) is 70.0 cm³/mol. The van der Waals surface area contributed by atoms with Crippen molar-refractivity contribution in [2.45, 2.75) is 13.0 Å². The normalized spacial score (nSPS) is 29.9. The van der Waals surface area contributed by atoms with E-state index < -0.39 is 0 Å². The van der Waals surface area contributed by atoms with Crippen molar-refractivity contribution in [2.75, 3.05) is 13.1 Å². The van der Waals surface area contributed by atoms with E-state index in [4.69, 9.17) is 0 Å². The molecule has 17 heavy (non-hydrogen) atoms. The highest BCUT2D eigenvalue weighted by molar-refractivity contribution is 9.10. The summed E-state index contributed by atoms with van der Waals surface area (Å²) in [6.07, 6.45) is 0. The van der Waals surface area contributed by atoms with Gasteiger partial charge in [-0.1, -0.05) is 22.0 Å². The van der Waals surface area contributed by atoms with Gasteiger partial charge in [0.15, 0.2) is 0 Å². The van der Waals surface area contributed by atoms with Crippen LogP contribution in [0.1, 0.15) is 15.9 Å². The molecule has 3 nitrogen and oxygen atoms in total. The van der Waals surface area contributed by atoms with Crippen LogP contribution in [0.25, 0.3) is 0 Å². The minimum absolute atomic E-state index is 0.0585. The van der Waals surface area contributed by atoms with E-state index in [1.807, 2.05) is 25.1 Å². The van der Waals surface area contributed by atoms with Gasteiger partial charge in [-0.3, -0.25) is 4.79 Å². The summed E-state index contributed by atoms with van der Waals surface area (Å²) in [4.78, 5) is 12.1. The Balaban J connectivity index is 1.72. The standard InChI is InChI=1S/C13H15BrN2O/c1-7-2-3-8(14)4-9(7)13(17)16-12-10-5-15-6-11(10)12/h2-4,10-12,15H,5-6H2,1H3,(H,16,17). The van der Waals surface area contributed by atoms with E-state index >= 15 is 0 Å². The van der Waals surface area contributed by atoms with Crippen LogP contribution in [-0.2, 0) is 0 Å². The van der Waals surface area contributed by atoms with E-state index in [0.717, 1.165) is 28.7 Å². The molecule has 0 radical (unpaired) electrons. The number of benzene rings is 1. The first-order chi connectivity index (χ1) is 8.16. The summed E-state index contributed by atoms with van der Waals surface area (Å²) in [6.45, 7) is 4.07. The molecular weight excluding hydrogens is 280 g/mol. The van der Waals surface area contributed by atoms with E-state index in [0.29, 0.717) is 17.9 Å². The third-order valence-electron chi connectivity index (χ3n) is 3.83. The minimum Gasteiger partial charge on any atom is -0.349 e. The van der Waals surface area contributed by atoms with Crippen LogP contribution in [0.5, 0.6) is 0 Å². The molecule has 1 heterocycles. The molecule has 1 amide bonds. The Hall–Kier alpha value is -0.870. The number of fused-ring (bicyclic) bond motifs is 1. The first-order valence-corrected chi connectivity index (χ1v) is 6.74. The van der Waals surface area contributed by atoms with Crippen LogP contribution in [0.2, 0.25) is 0 Å². The molecule has 0 bridgehead atoms. The van der Waals surface area contributed by atoms with Gasteiger partial charge in [-0.25, -0.2) is 0 Å². The summed E-state index contributed by atoms with van der Waals surface area (Å²) in [5.74, 6) is 1.38. The lowest BCUT2D eigenvalue weighted by atomic mass is 10.1. The van der Waals surface area contributed by atoms with Crippen molar-refractivity contribution in [1.29, 1.82) is 0 Å². The van der Waals surface area contributed by atoms with Gasteiger partial charge in [-0.05, 0) is 36.5 Å². The summed E-state index contributed by atoms with van der Waals surface area (Å²) in [5, 5.41) is 6.47. The van der Waals surface area contributed by atoms with Gasteiger partial charge in [0.25, 0.3) is 5.91 Å². The quantitative estimate of drug-likeness (QED) is 0.872. The van der Waals surface area contributed by atoms with Crippen LogP contribution in [0.15, 0.2) is 22.7 Å². The lowest BCUT2D eigenvalue weighted by Gasteiger charge is -2.10. The monoisotopic (exact) mass is 294 g/mol. The first-order valence-electron chi connectivity index (χ1n) is 5.94. The van der Waals surface area contributed by atoms with Crippen LogP contribution in [0.4, 0.5) is 0 Å². The fourth-order valence-electron chi connectivity index (χ4n) is 2.70. The van der Waals surface area contributed by atoms with Gasteiger partial charge in [-0.2, -0.15) is 0 Å². The molecule has 1 aromatic carbocycles. The number of carbonyl (C=O) groups excluding carboxylic acids is 1. The molecule has 2 aliphatic rings. The molecule has 2 atom stereocenters. The van der Waals surface area contributed by atoms with Crippen LogP contribution in [0, 0.1) is 18.8 Å². The molecular formula is C13H15BrN2O. The average molecular weight is 295 g/mol. The largest absolute Gasteiger partial charge is 0.349 e. The lowest BCUT2D eigenvalue weighted by molar-refractivity contribution is 0.0946. The number of amides is 1. The van der Waals surface area contributed by atoms with Crippen molar-refractivity contribution in [3.63, 3.8) is 0 Å². The number of piperidine rings is 1. The molecule has 3 rings (SSSR count). The summed E-state index contributed by atoms with van der Waals surface area (Å²) < 4.78 is 0.950. The maximum Gasteiger partial charge on any atom is 0.251 e. The zero-order valence-electron chi connectivity index (χ0n) is 9.66. The highest BCUT2D eigenvalue weighted by atomic mass is 79.9. The minimum atomic E-state index is 0.0585. The molecule has 0 aromatic heterocycles. The number of carbonyl (C=O) groups is 1. The molecule has 1 aliphatic carbocycles. The molecule has 1 aromatic rings. The topological polar surface area (TPSA) is 41.1 Å². The highest BCUT2D eigenvalue weighted by Crippen LogP contribution is 2.41. The van der Waals surface area contributed by atoms with Crippen molar-refractivity contribution in [3.8, 4) is 0 Å². The summed E-state index contributed by atoms with van der Waals surface area (Å²) in [5.41, 5.74) is 1.80. The van der Waals surface area contributed by atoms with Gasteiger partial charge in [0, 0.05) is 29.2 Å². The van der Waals surface area contributed by atoms with Crippen molar-refractivity contribution in [2.24, 2.45) is 11.8 Å². The van der Waals surface area contributed by atoms with Gasteiger partial charge in [-0.15, -0.1) is 0 Å². The third kappa shape index (κ3) is 2.00. The van der Waals surface area contributed by atoms with E-state index in [1.165, 1.54) is 0 Å². The van der Waals surface area contributed by atoms with Gasteiger partial charge in [0.2, 0.25) is 0 Å². The molecule has 2 fully saturated rings. The fourth-order valence-corrected chi connectivity index (χ4v) is 3.06. The molecule has 1 aliphatic heterocycles. The van der Waals surface area contributed by atoms with Crippen LogP contribution < -0.4 is 10.6 Å². The second-order valence-electron chi connectivity index (χ2n) is 4.94. The van der Waals surface area contributed by atoms with Gasteiger partial charge in [0.05, 0.1) is 0 Å². The maximum absolute atomic E-state index is 12.1. The molecule has 1 saturated heterocycles. The summed E-state index contributed by atoms with van der Waals surface area (Å²) in [6, 6.07) is 6.21. The Morgan fingerprint density at radius 2 is 2.12 bits per heavy atom. The molecule has 90 valence electrons. The van der Waals surface area contributed by atoms with Crippen LogP contribution in [-0.4, -0.2) is 25.0 Å². The number of halogens is 1. The molecule has 4 heteroatoms. The molecule has 0 spiro atoms. The first kappa shape index (κ1) is 11.2. The number of hydrogen-bond acceptors (Lipinski definition) is 2. The smallest absolute Gasteiger partial charge is 0.251 e. The Bertz CT molecular complexity index is 464. The number of aryl methyl sites for hydroxylation is 1. The van der Waals surface area contributed by atoms with E-state index in [2.05, 4.69) is 26.6 Å². The highest BCUT2D eigenvalue weighted by Gasteiger charge is 2.53. The average Bonchev–Trinajstić information content (AvgIpc) is 2.76. The van der Waals surface area contributed by atoms with E-state index in [1.54, 1.807) is 0 Å². The molecule has 1 saturated carbocycles. The van der Waals surface area contributed by atoms with Crippen LogP contribution >= 0.6 is 15.9 Å². The number of nitrogens with one attached hydrogen (secondary N) is 2. The van der Waals surface area contributed by atoms with Gasteiger partial charge < -0.3 is 10.6 Å². The number of hydrogen-bond donors (Lipinski definition) is 2. The molecule has 2 unspecified atom stereocenters. The second kappa shape index (κ2) is 4.10. The SMILES string of the molecule is Cc1ccc(Br)cc1C(=O)NC1C2CNCC21. The van der Waals surface area contributed by atoms with Crippen LogP contribution in [0.3, 0.4) is 0 Å². The molecule has 2 N–H and O–H groups in total. The van der Waals surface area contributed by atoms with Gasteiger partial charge >= 0.3 is 0 Å². The van der Waals surface area contributed by atoms with Crippen molar-refractivity contribution in [1.82, 2.24) is 10.6 Å².